The molecule has 0 heterocycles. The van der Waals surface area contributed by atoms with Crippen LogP contribution in [0.5, 0.6) is 0 Å². The van der Waals surface area contributed by atoms with Crippen molar-refractivity contribution in [2.24, 2.45) is 0 Å². The molecule has 1 atom stereocenters. The van der Waals surface area contributed by atoms with Gasteiger partial charge < -0.3 is 0 Å². The van der Waals surface area contributed by atoms with E-state index in [0.717, 1.165) is 0 Å². The van der Waals surface area contributed by atoms with Gasteiger partial charge in [0.05, 0.1) is 3.74 Å². The third kappa shape index (κ3) is 3.83. The SMILES string of the molecule is [SiH3]C(Br)C(Br)Br. The average molecular weight is 297 g/mol. The first kappa shape index (κ1) is 7.66. The zero-order valence-electron chi connectivity index (χ0n) is 3.29. The third-order valence-electron chi connectivity index (χ3n) is 0.347. The van der Waals surface area contributed by atoms with Gasteiger partial charge in [-0.1, -0.05) is 47.8 Å². The number of halogens is 3. The molecule has 4 heteroatoms. The van der Waals surface area contributed by atoms with Crippen LogP contribution >= 0.6 is 47.8 Å². The quantitative estimate of drug-likeness (QED) is 0.504. The molecule has 0 bridgehead atoms. The summed E-state index contributed by atoms with van der Waals surface area (Å²) >= 11 is 10.1. The number of alkyl halides is 3. The first-order valence-corrected chi connectivity index (χ1v) is 5.47. The summed E-state index contributed by atoms with van der Waals surface area (Å²) in [5.41, 5.74) is 0. The monoisotopic (exact) mass is 294 g/mol. The second kappa shape index (κ2) is 3.63. The Bertz CT molecular complexity index is 29.8. The van der Waals surface area contributed by atoms with Crippen molar-refractivity contribution in [3.8, 4) is 0 Å². The first-order valence-electron chi connectivity index (χ1n) is 1.57. The maximum absolute atomic E-state index is 3.41. The van der Waals surface area contributed by atoms with E-state index in [0.29, 0.717) is 8.19 Å². The minimum Gasteiger partial charge on any atom is -0.0915 e. The van der Waals surface area contributed by atoms with Crippen LogP contribution in [0.25, 0.3) is 0 Å². The molecule has 0 amide bonds. The van der Waals surface area contributed by atoms with Crippen LogP contribution in [-0.2, 0) is 0 Å². The van der Waals surface area contributed by atoms with Gasteiger partial charge in [0.1, 0.15) is 0 Å². The highest BCUT2D eigenvalue weighted by atomic mass is 79.9. The maximum atomic E-state index is 3.41. The van der Waals surface area contributed by atoms with Crippen LogP contribution in [0.3, 0.4) is 0 Å². The molecule has 0 aromatic rings. The van der Waals surface area contributed by atoms with Gasteiger partial charge >= 0.3 is 0 Å². The van der Waals surface area contributed by atoms with E-state index in [4.69, 9.17) is 0 Å². The second-order valence-corrected chi connectivity index (χ2v) is 8.59. The molecule has 0 spiro atoms. The number of hydrogen-bond acceptors (Lipinski definition) is 0. The molecule has 0 rings (SSSR count). The summed E-state index contributed by atoms with van der Waals surface area (Å²) in [5.74, 6) is 0. The van der Waals surface area contributed by atoms with Gasteiger partial charge in [-0.3, -0.25) is 0 Å². The molecule has 0 N–H and O–H groups in total. The largest absolute Gasteiger partial charge is 0.0915 e. The lowest BCUT2D eigenvalue weighted by Gasteiger charge is -1.99. The highest BCUT2D eigenvalue weighted by Gasteiger charge is 2.02. The lowest BCUT2D eigenvalue weighted by atomic mass is 11.0. The summed E-state index contributed by atoms with van der Waals surface area (Å²) in [4.78, 5) is 0. The van der Waals surface area contributed by atoms with Gasteiger partial charge in [0, 0.05) is 14.7 Å². The Balaban J connectivity index is 2.99. The van der Waals surface area contributed by atoms with E-state index in [-0.39, 0.29) is 0 Å². The molecule has 38 valence electrons. The topological polar surface area (TPSA) is 0 Å². The lowest BCUT2D eigenvalue weighted by molar-refractivity contribution is 1.42. The average Bonchev–Trinajstić information content (AvgIpc) is 1.36. The molecule has 0 saturated carbocycles. The minimum absolute atomic E-state index is 0.455. The standard InChI is InChI=1S/C2H5Br3Si/c3-1(4)2(5)6/h1-2H,6H3. The summed E-state index contributed by atoms with van der Waals surface area (Å²) in [6.45, 7) is 0. The van der Waals surface area contributed by atoms with E-state index in [1.165, 1.54) is 10.2 Å². The van der Waals surface area contributed by atoms with Crippen LogP contribution in [0, 0.1) is 0 Å². The summed E-state index contributed by atoms with van der Waals surface area (Å²) in [6, 6.07) is 0. The minimum atomic E-state index is 0.455. The maximum Gasteiger partial charge on any atom is 0.0787 e. The van der Waals surface area contributed by atoms with Gasteiger partial charge in [-0.25, -0.2) is 0 Å². The highest BCUT2D eigenvalue weighted by molar-refractivity contribution is 9.25. The third-order valence-corrected chi connectivity index (χ3v) is 6.50. The molecule has 0 aliphatic carbocycles. The van der Waals surface area contributed by atoms with Crippen LogP contribution in [0.2, 0.25) is 0 Å². The van der Waals surface area contributed by atoms with Crippen LogP contribution < -0.4 is 0 Å². The normalized spacial score (nSPS) is 16.0. The van der Waals surface area contributed by atoms with Crippen molar-refractivity contribution < 1.29 is 0 Å². The van der Waals surface area contributed by atoms with E-state index in [1.807, 2.05) is 0 Å². The molecule has 0 aromatic heterocycles. The Morgan fingerprint density at radius 2 is 1.33 bits per heavy atom. The van der Waals surface area contributed by atoms with E-state index in [9.17, 15) is 0 Å². The molecule has 0 saturated heterocycles. The Morgan fingerprint density at radius 3 is 1.33 bits per heavy atom. The molecular formula is C2H5Br3Si. The summed E-state index contributed by atoms with van der Waals surface area (Å²) in [7, 11) is 1.18. The summed E-state index contributed by atoms with van der Waals surface area (Å²) < 4.78 is 1.09. The van der Waals surface area contributed by atoms with Gasteiger partial charge in [-0.05, 0) is 0 Å². The first-order chi connectivity index (χ1) is 2.64. The van der Waals surface area contributed by atoms with Crippen LogP contribution in [0.15, 0.2) is 0 Å². The highest BCUT2D eigenvalue weighted by Crippen LogP contribution is 2.16. The Labute approximate surface area is 65.9 Å². The molecule has 0 aliphatic heterocycles. The molecular weight excluding hydrogens is 292 g/mol. The van der Waals surface area contributed by atoms with Gasteiger partial charge in [0.15, 0.2) is 0 Å². The van der Waals surface area contributed by atoms with Crippen LogP contribution in [-0.4, -0.2) is 18.4 Å². The van der Waals surface area contributed by atoms with Crippen molar-refractivity contribution in [1.29, 1.82) is 0 Å². The number of rotatable bonds is 1. The fraction of sp³-hybridized carbons (Fsp3) is 1.00. The fourth-order valence-electron chi connectivity index (χ4n) is 0. The van der Waals surface area contributed by atoms with Crippen LogP contribution in [0.4, 0.5) is 0 Å². The van der Waals surface area contributed by atoms with Crippen molar-refractivity contribution in [1.82, 2.24) is 0 Å². The van der Waals surface area contributed by atoms with Crippen molar-refractivity contribution >= 4 is 58.0 Å². The smallest absolute Gasteiger partial charge is 0.0787 e. The molecule has 0 radical (unpaired) electrons. The lowest BCUT2D eigenvalue weighted by Crippen LogP contribution is -2.04. The molecule has 1 unspecified atom stereocenters. The van der Waals surface area contributed by atoms with Gasteiger partial charge in [-0.2, -0.15) is 0 Å². The predicted molar refractivity (Wildman–Crippen MR) is 44.3 cm³/mol. The van der Waals surface area contributed by atoms with E-state index in [1.54, 1.807) is 0 Å². The zero-order chi connectivity index (χ0) is 5.15. The Morgan fingerprint density at radius 1 is 1.17 bits per heavy atom. The van der Waals surface area contributed by atoms with Crippen molar-refractivity contribution in [2.45, 2.75) is 8.19 Å². The summed E-state index contributed by atoms with van der Waals surface area (Å²) in [6.07, 6.45) is 0. The second-order valence-electron chi connectivity index (χ2n) is 1.01. The fourth-order valence-corrected chi connectivity index (χ4v) is 0. The zero-order valence-corrected chi connectivity index (χ0v) is 10.0. The van der Waals surface area contributed by atoms with Crippen LogP contribution in [0.1, 0.15) is 0 Å². The van der Waals surface area contributed by atoms with Gasteiger partial charge in [0.25, 0.3) is 0 Å². The van der Waals surface area contributed by atoms with E-state index < -0.39 is 0 Å². The van der Waals surface area contributed by atoms with Crippen molar-refractivity contribution in [3.05, 3.63) is 0 Å². The predicted octanol–water partition coefficient (Wildman–Crippen LogP) is 1.19. The molecule has 0 fully saturated rings. The van der Waals surface area contributed by atoms with Gasteiger partial charge in [0.2, 0.25) is 0 Å². The molecule has 0 aliphatic rings. The Kier molecular flexibility index (Phi) is 4.64. The van der Waals surface area contributed by atoms with E-state index >= 15 is 0 Å². The molecule has 6 heavy (non-hydrogen) atoms. The van der Waals surface area contributed by atoms with Gasteiger partial charge in [-0.15, -0.1) is 0 Å². The molecule has 0 aromatic carbocycles. The summed E-state index contributed by atoms with van der Waals surface area (Å²) in [5, 5.41) is 0. The van der Waals surface area contributed by atoms with E-state index in [2.05, 4.69) is 47.8 Å². The van der Waals surface area contributed by atoms with Crippen molar-refractivity contribution in [2.75, 3.05) is 0 Å². The number of hydrogen-bond donors (Lipinski definition) is 0. The van der Waals surface area contributed by atoms with Crippen molar-refractivity contribution in [3.63, 3.8) is 0 Å². The Hall–Kier alpha value is 1.66. The molecule has 0 nitrogen and oxygen atoms in total.